The van der Waals surface area contributed by atoms with Crippen molar-refractivity contribution >= 4 is 17.6 Å². The number of aliphatic carboxylic acids is 1. The Kier molecular flexibility index (Phi) is 4.00. The first-order valence-corrected chi connectivity index (χ1v) is 6.41. The lowest BCUT2D eigenvalue weighted by molar-refractivity contribution is -0.133. The zero-order valence-electron chi connectivity index (χ0n) is 10.9. The topological polar surface area (TPSA) is 66.4 Å². The molecule has 0 heterocycles. The number of hydrogen-bond acceptors (Lipinski definition) is 2. The quantitative estimate of drug-likeness (QED) is 0.877. The van der Waals surface area contributed by atoms with Crippen LogP contribution in [0.25, 0.3) is 0 Å². The SMILES string of the molecule is Cc1cccc(NC(=O)C2=C(C(=O)O)CCCC2)c1. The minimum atomic E-state index is -0.978. The second-order valence-electron chi connectivity index (χ2n) is 4.79. The molecule has 1 aromatic rings. The summed E-state index contributed by atoms with van der Waals surface area (Å²) in [5.41, 5.74) is 2.43. The molecular formula is C15H17NO3. The van der Waals surface area contributed by atoms with Gasteiger partial charge in [0, 0.05) is 16.8 Å². The van der Waals surface area contributed by atoms with Gasteiger partial charge in [0.15, 0.2) is 0 Å². The van der Waals surface area contributed by atoms with Gasteiger partial charge in [0.2, 0.25) is 0 Å². The van der Waals surface area contributed by atoms with Gasteiger partial charge in [-0.1, -0.05) is 12.1 Å². The molecule has 0 bridgehead atoms. The lowest BCUT2D eigenvalue weighted by atomic mass is 9.91. The number of rotatable bonds is 3. The van der Waals surface area contributed by atoms with Crippen LogP contribution in [0.1, 0.15) is 31.2 Å². The van der Waals surface area contributed by atoms with E-state index >= 15 is 0 Å². The number of nitrogens with one attached hydrogen (secondary N) is 1. The highest BCUT2D eigenvalue weighted by atomic mass is 16.4. The van der Waals surface area contributed by atoms with E-state index < -0.39 is 5.97 Å². The van der Waals surface area contributed by atoms with Crippen LogP contribution < -0.4 is 5.32 Å². The van der Waals surface area contributed by atoms with Gasteiger partial charge in [0.25, 0.3) is 5.91 Å². The maximum atomic E-state index is 12.2. The predicted octanol–water partition coefficient (Wildman–Crippen LogP) is 2.89. The van der Waals surface area contributed by atoms with Crippen LogP contribution in [0.5, 0.6) is 0 Å². The molecule has 100 valence electrons. The standard InChI is InChI=1S/C15H17NO3/c1-10-5-4-6-11(9-10)16-14(17)12-7-2-3-8-13(12)15(18)19/h4-6,9H,2-3,7-8H2,1H3,(H,16,17)(H,18,19). The number of benzene rings is 1. The summed E-state index contributed by atoms with van der Waals surface area (Å²) >= 11 is 0. The molecule has 4 nitrogen and oxygen atoms in total. The summed E-state index contributed by atoms with van der Waals surface area (Å²) < 4.78 is 0. The summed E-state index contributed by atoms with van der Waals surface area (Å²) in [5, 5.41) is 11.9. The number of anilines is 1. The Hall–Kier alpha value is -2.10. The molecule has 2 N–H and O–H groups in total. The number of carbonyl (C=O) groups excluding carboxylic acids is 1. The summed E-state index contributed by atoms with van der Waals surface area (Å²) in [4.78, 5) is 23.3. The molecule has 1 aliphatic carbocycles. The molecule has 0 spiro atoms. The van der Waals surface area contributed by atoms with E-state index in [9.17, 15) is 9.59 Å². The van der Waals surface area contributed by atoms with E-state index in [-0.39, 0.29) is 11.5 Å². The number of hydrogen-bond donors (Lipinski definition) is 2. The first kappa shape index (κ1) is 13.3. The largest absolute Gasteiger partial charge is 0.478 e. The minimum absolute atomic E-state index is 0.261. The maximum Gasteiger partial charge on any atom is 0.332 e. The van der Waals surface area contributed by atoms with Crippen LogP contribution in [-0.2, 0) is 9.59 Å². The second kappa shape index (κ2) is 5.69. The molecule has 0 saturated carbocycles. The molecule has 0 aromatic heterocycles. The fraction of sp³-hybridized carbons (Fsp3) is 0.333. The third kappa shape index (κ3) is 3.22. The van der Waals surface area contributed by atoms with Crippen LogP contribution in [0.4, 0.5) is 5.69 Å². The number of aryl methyl sites for hydroxylation is 1. The Morgan fingerprint density at radius 3 is 2.47 bits per heavy atom. The van der Waals surface area contributed by atoms with Gasteiger partial charge in [0.05, 0.1) is 0 Å². The zero-order chi connectivity index (χ0) is 13.8. The third-order valence-electron chi connectivity index (χ3n) is 3.28. The molecule has 1 aliphatic rings. The van der Waals surface area contributed by atoms with E-state index in [0.29, 0.717) is 24.1 Å². The van der Waals surface area contributed by atoms with E-state index in [1.54, 1.807) is 6.07 Å². The molecule has 0 aliphatic heterocycles. The number of carbonyl (C=O) groups is 2. The van der Waals surface area contributed by atoms with Gasteiger partial charge in [-0.2, -0.15) is 0 Å². The highest BCUT2D eigenvalue weighted by Gasteiger charge is 2.23. The molecule has 0 fully saturated rings. The van der Waals surface area contributed by atoms with E-state index in [0.717, 1.165) is 18.4 Å². The Labute approximate surface area is 112 Å². The van der Waals surface area contributed by atoms with Crippen molar-refractivity contribution in [3.8, 4) is 0 Å². The normalized spacial score (nSPS) is 15.2. The monoisotopic (exact) mass is 259 g/mol. The van der Waals surface area contributed by atoms with Crippen molar-refractivity contribution in [2.24, 2.45) is 0 Å². The zero-order valence-corrected chi connectivity index (χ0v) is 10.9. The van der Waals surface area contributed by atoms with Crippen molar-refractivity contribution in [3.63, 3.8) is 0 Å². The van der Waals surface area contributed by atoms with Gasteiger partial charge in [0.1, 0.15) is 0 Å². The molecule has 0 radical (unpaired) electrons. The summed E-state index contributed by atoms with van der Waals surface area (Å²) in [6, 6.07) is 7.47. The van der Waals surface area contributed by atoms with Gasteiger partial charge >= 0.3 is 5.97 Å². The van der Waals surface area contributed by atoms with Gasteiger partial charge in [-0.3, -0.25) is 4.79 Å². The number of amides is 1. The molecule has 0 atom stereocenters. The summed E-state index contributed by atoms with van der Waals surface area (Å²) in [6.07, 6.45) is 2.72. The summed E-state index contributed by atoms with van der Waals surface area (Å²) in [7, 11) is 0. The Morgan fingerprint density at radius 1 is 1.16 bits per heavy atom. The fourth-order valence-corrected chi connectivity index (χ4v) is 2.32. The summed E-state index contributed by atoms with van der Waals surface area (Å²) in [6.45, 7) is 1.94. The summed E-state index contributed by atoms with van der Waals surface area (Å²) in [5.74, 6) is -1.27. The fourth-order valence-electron chi connectivity index (χ4n) is 2.32. The van der Waals surface area contributed by atoms with Crippen molar-refractivity contribution in [2.75, 3.05) is 5.32 Å². The second-order valence-corrected chi connectivity index (χ2v) is 4.79. The Morgan fingerprint density at radius 2 is 1.84 bits per heavy atom. The third-order valence-corrected chi connectivity index (χ3v) is 3.28. The van der Waals surface area contributed by atoms with Crippen LogP contribution in [-0.4, -0.2) is 17.0 Å². The molecular weight excluding hydrogens is 242 g/mol. The first-order valence-electron chi connectivity index (χ1n) is 6.41. The smallest absolute Gasteiger partial charge is 0.332 e. The van der Waals surface area contributed by atoms with Crippen molar-refractivity contribution in [3.05, 3.63) is 41.0 Å². The Bertz CT molecular complexity index is 546. The van der Waals surface area contributed by atoms with Crippen molar-refractivity contribution in [2.45, 2.75) is 32.6 Å². The molecule has 1 aromatic carbocycles. The molecule has 0 unspecified atom stereocenters. The maximum absolute atomic E-state index is 12.2. The molecule has 4 heteroatoms. The van der Waals surface area contributed by atoms with E-state index in [4.69, 9.17) is 5.11 Å². The van der Waals surface area contributed by atoms with Gasteiger partial charge < -0.3 is 10.4 Å². The predicted molar refractivity (Wildman–Crippen MR) is 72.9 cm³/mol. The van der Waals surface area contributed by atoms with Gasteiger partial charge in [-0.05, 0) is 50.3 Å². The van der Waals surface area contributed by atoms with E-state index in [2.05, 4.69) is 5.32 Å². The van der Waals surface area contributed by atoms with E-state index in [1.165, 1.54) is 0 Å². The average Bonchev–Trinajstić information content (AvgIpc) is 2.38. The van der Waals surface area contributed by atoms with Crippen molar-refractivity contribution in [1.82, 2.24) is 0 Å². The number of carboxylic acid groups (broad SMARTS) is 1. The van der Waals surface area contributed by atoms with Crippen LogP contribution >= 0.6 is 0 Å². The van der Waals surface area contributed by atoms with Crippen LogP contribution in [0.2, 0.25) is 0 Å². The van der Waals surface area contributed by atoms with E-state index in [1.807, 2.05) is 25.1 Å². The van der Waals surface area contributed by atoms with Crippen LogP contribution in [0.3, 0.4) is 0 Å². The highest BCUT2D eigenvalue weighted by molar-refractivity contribution is 6.08. The molecule has 2 rings (SSSR count). The van der Waals surface area contributed by atoms with Crippen LogP contribution in [0, 0.1) is 6.92 Å². The minimum Gasteiger partial charge on any atom is -0.478 e. The lowest BCUT2D eigenvalue weighted by Crippen LogP contribution is -2.21. The highest BCUT2D eigenvalue weighted by Crippen LogP contribution is 2.26. The first-order chi connectivity index (χ1) is 9.08. The van der Waals surface area contributed by atoms with Crippen molar-refractivity contribution < 1.29 is 14.7 Å². The van der Waals surface area contributed by atoms with Gasteiger partial charge in [-0.15, -0.1) is 0 Å². The average molecular weight is 259 g/mol. The number of carboxylic acids is 1. The lowest BCUT2D eigenvalue weighted by Gasteiger charge is -2.17. The van der Waals surface area contributed by atoms with Gasteiger partial charge in [-0.25, -0.2) is 4.79 Å². The van der Waals surface area contributed by atoms with Crippen molar-refractivity contribution in [1.29, 1.82) is 0 Å². The Balaban J connectivity index is 2.21. The molecule has 0 saturated heterocycles. The molecule has 1 amide bonds. The molecule has 19 heavy (non-hydrogen) atoms. The van der Waals surface area contributed by atoms with Crippen LogP contribution in [0.15, 0.2) is 35.4 Å².